The summed E-state index contributed by atoms with van der Waals surface area (Å²) in [5.74, 6) is -1.90. The van der Waals surface area contributed by atoms with Crippen molar-refractivity contribution in [3.8, 4) is 0 Å². The molecule has 0 spiro atoms. The summed E-state index contributed by atoms with van der Waals surface area (Å²) in [6.07, 6.45) is 0. The average Bonchev–Trinajstić information content (AvgIpc) is 3.19. The summed E-state index contributed by atoms with van der Waals surface area (Å²) in [6, 6.07) is 7.27. The van der Waals surface area contributed by atoms with Gasteiger partial charge in [0, 0.05) is 25.3 Å². The Morgan fingerprint density at radius 2 is 1.88 bits per heavy atom. The van der Waals surface area contributed by atoms with Crippen LogP contribution in [0.15, 0.2) is 41.1 Å². The Hall–Kier alpha value is -2.29. The SMILES string of the molecule is O=C(NC[C@@H](c1ccsc1)N1CCOCC1)C(=O)Nc1ccc(F)cc1. The second-order valence-corrected chi connectivity index (χ2v) is 6.67. The van der Waals surface area contributed by atoms with Gasteiger partial charge in [0.2, 0.25) is 0 Å². The molecule has 1 fully saturated rings. The maximum atomic E-state index is 12.9. The van der Waals surface area contributed by atoms with Crippen molar-refractivity contribution in [3.05, 3.63) is 52.5 Å². The van der Waals surface area contributed by atoms with E-state index in [4.69, 9.17) is 4.74 Å². The summed E-state index contributed by atoms with van der Waals surface area (Å²) < 4.78 is 18.3. The van der Waals surface area contributed by atoms with E-state index in [0.29, 0.717) is 25.4 Å². The van der Waals surface area contributed by atoms with Gasteiger partial charge in [0.05, 0.1) is 19.3 Å². The van der Waals surface area contributed by atoms with Gasteiger partial charge in [-0.15, -0.1) is 0 Å². The van der Waals surface area contributed by atoms with Crippen LogP contribution >= 0.6 is 11.3 Å². The van der Waals surface area contributed by atoms with Crippen LogP contribution in [0.2, 0.25) is 0 Å². The van der Waals surface area contributed by atoms with Crippen LogP contribution in [0.4, 0.5) is 10.1 Å². The largest absolute Gasteiger partial charge is 0.379 e. The van der Waals surface area contributed by atoms with Gasteiger partial charge in [0.1, 0.15) is 5.82 Å². The van der Waals surface area contributed by atoms with Crippen molar-refractivity contribution < 1.29 is 18.7 Å². The molecule has 1 atom stereocenters. The Bertz CT molecular complexity index is 731. The molecule has 0 saturated carbocycles. The van der Waals surface area contributed by atoms with E-state index in [9.17, 15) is 14.0 Å². The molecule has 1 aliphatic heterocycles. The van der Waals surface area contributed by atoms with Crippen molar-refractivity contribution in [1.82, 2.24) is 10.2 Å². The lowest BCUT2D eigenvalue weighted by molar-refractivity contribution is -0.136. The number of hydrogen-bond acceptors (Lipinski definition) is 5. The molecule has 2 aromatic rings. The van der Waals surface area contributed by atoms with E-state index in [1.165, 1.54) is 24.3 Å². The normalized spacial score (nSPS) is 16.0. The van der Waals surface area contributed by atoms with Crippen LogP contribution in [0, 0.1) is 5.82 Å². The third-order valence-corrected chi connectivity index (χ3v) is 4.88. The summed E-state index contributed by atoms with van der Waals surface area (Å²) in [5.41, 5.74) is 1.48. The fraction of sp³-hybridized carbons (Fsp3) is 0.333. The van der Waals surface area contributed by atoms with Gasteiger partial charge in [-0.05, 0) is 46.7 Å². The van der Waals surface area contributed by atoms with E-state index < -0.39 is 17.6 Å². The molecular formula is C18H20FN3O3S. The topological polar surface area (TPSA) is 70.7 Å². The number of halogens is 1. The number of anilines is 1. The Morgan fingerprint density at radius 3 is 2.54 bits per heavy atom. The van der Waals surface area contributed by atoms with Gasteiger partial charge in [-0.2, -0.15) is 11.3 Å². The number of benzene rings is 1. The lowest BCUT2D eigenvalue weighted by Crippen LogP contribution is -2.45. The van der Waals surface area contributed by atoms with E-state index in [1.807, 2.05) is 16.8 Å². The zero-order valence-electron chi connectivity index (χ0n) is 14.1. The van der Waals surface area contributed by atoms with E-state index >= 15 is 0 Å². The van der Waals surface area contributed by atoms with Crippen LogP contribution in [0.25, 0.3) is 0 Å². The van der Waals surface area contributed by atoms with E-state index in [-0.39, 0.29) is 6.04 Å². The van der Waals surface area contributed by atoms with Crippen LogP contribution in [-0.2, 0) is 14.3 Å². The first kappa shape index (κ1) is 18.5. The second-order valence-electron chi connectivity index (χ2n) is 5.89. The number of nitrogens with zero attached hydrogens (tertiary/aromatic N) is 1. The standard InChI is InChI=1S/C18H20FN3O3S/c19-14-1-3-15(4-2-14)21-18(24)17(23)20-11-16(13-5-10-26-12-13)22-6-8-25-9-7-22/h1-5,10,12,16H,6-9,11H2,(H,20,23)(H,21,24)/t16-/m0/s1. The summed E-state index contributed by atoms with van der Waals surface area (Å²) in [7, 11) is 0. The first-order chi connectivity index (χ1) is 12.6. The van der Waals surface area contributed by atoms with Gasteiger partial charge in [-0.25, -0.2) is 4.39 Å². The Kier molecular flexibility index (Phi) is 6.32. The summed E-state index contributed by atoms with van der Waals surface area (Å²) >= 11 is 1.59. The van der Waals surface area contributed by atoms with Crippen LogP contribution in [0.1, 0.15) is 11.6 Å². The molecule has 2 N–H and O–H groups in total. The number of carbonyl (C=O) groups is 2. The van der Waals surface area contributed by atoms with Crippen molar-refractivity contribution in [2.24, 2.45) is 0 Å². The predicted molar refractivity (Wildman–Crippen MR) is 97.5 cm³/mol. The number of ether oxygens (including phenoxy) is 1. The quantitative estimate of drug-likeness (QED) is 0.782. The Labute approximate surface area is 155 Å². The smallest absolute Gasteiger partial charge is 0.313 e. The van der Waals surface area contributed by atoms with Gasteiger partial charge in [-0.3, -0.25) is 14.5 Å². The molecule has 1 aliphatic rings. The molecule has 0 bridgehead atoms. The molecule has 26 heavy (non-hydrogen) atoms. The molecule has 1 aromatic carbocycles. The lowest BCUT2D eigenvalue weighted by Gasteiger charge is -2.34. The van der Waals surface area contributed by atoms with Crippen molar-refractivity contribution in [3.63, 3.8) is 0 Å². The number of amides is 2. The van der Waals surface area contributed by atoms with Crippen LogP contribution in [0.3, 0.4) is 0 Å². The number of nitrogens with one attached hydrogen (secondary N) is 2. The first-order valence-corrected chi connectivity index (χ1v) is 9.26. The van der Waals surface area contributed by atoms with Crippen LogP contribution in [0.5, 0.6) is 0 Å². The minimum Gasteiger partial charge on any atom is -0.379 e. The fourth-order valence-corrected chi connectivity index (χ4v) is 3.51. The molecule has 8 heteroatoms. The van der Waals surface area contributed by atoms with Gasteiger partial charge < -0.3 is 15.4 Å². The zero-order valence-corrected chi connectivity index (χ0v) is 14.9. The van der Waals surface area contributed by atoms with E-state index in [0.717, 1.165) is 18.7 Å². The first-order valence-electron chi connectivity index (χ1n) is 8.32. The molecule has 138 valence electrons. The van der Waals surface area contributed by atoms with Gasteiger partial charge >= 0.3 is 11.8 Å². The average molecular weight is 377 g/mol. The molecule has 2 amide bonds. The Balaban J connectivity index is 1.58. The molecule has 0 unspecified atom stereocenters. The molecule has 6 nitrogen and oxygen atoms in total. The van der Waals surface area contributed by atoms with Crippen molar-refractivity contribution in [1.29, 1.82) is 0 Å². The van der Waals surface area contributed by atoms with Crippen LogP contribution in [-0.4, -0.2) is 49.6 Å². The fourth-order valence-electron chi connectivity index (χ4n) is 2.80. The van der Waals surface area contributed by atoms with E-state index in [2.05, 4.69) is 15.5 Å². The van der Waals surface area contributed by atoms with Crippen LogP contribution < -0.4 is 10.6 Å². The number of thiophene rings is 1. The minimum absolute atomic E-state index is 0.00674. The third kappa shape index (κ3) is 4.87. The maximum Gasteiger partial charge on any atom is 0.313 e. The molecule has 1 saturated heterocycles. The lowest BCUT2D eigenvalue weighted by atomic mass is 10.1. The molecule has 0 aliphatic carbocycles. The second kappa shape index (κ2) is 8.88. The van der Waals surface area contributed by atoms with E-state index in [1.54, 1.807) is 11.3 Å². The Morgan fingerprint density at radius 1 is 1.15 bits per heavy atom. The molecule has 1 aromatic heterocycles. The highest BCUT2D eigenvalue weighted by molar-refractivity contribution is 7.08. The summed E-state index contributed by atoms with van der Waals surface area (Å²) in [6.45, 7) is 3.18. The molecule has 3 rings (SSSR count). The summed E-state index contributed by atoms with van der Waals surface area (Å²) in [5, 5.41) is 9.19. The van der Waals surface area contributed by atoms with Gasteiger partial charge in [-0.1, -0.05) is 0 Å². The monoisotopic (exact) mass is 377 g/mol. The predicted octanol–water partition coefficient (Wildman–Crippen LogP) is 2.02. The highest BCUT2D eigenvalue weighted by atomic mass is 32.1. The van der Waals surface area contributed by atoms with Gasteiger partial charge in [0.25, 0.3) is 0 Å². The molecular weight excluding hydrogens is 357 g/mol. The number of carbonyl (C=O) groups excluding carboxylic acids is 2. The van der Waals surface area contributed by atoms with Gasteiger partial charge in [0.15, 0.2) is 0 Å². The number of hydrogen-bond donors (Lipinski definition) is 2. The summed E-state index contributed by atoms with van der Waals surface area (Å²) in [4.78, 5) is 26.4. The highest BCUT2D eigenvalue weighted by Crippen LogP contribution is 2.23. The number of rotatable bonds is 5. The molecule has 0 radical (unpaired) electrons. The van der Waals surface area contributed by atoms with Crippen molar-refractivity contribution in [2.45, 2.75) is 6.04 Å². The van der Waals surface area contributed by atoms with Crippen molar-refractivity contribution >= 4 is 28.8 Å². The van der Waals surface area contributed by atoms with Crippen molar-refractivity contribution in [2.75, 3.05) is 38.2 Å². The number of morpholine rings is 1. The minimum atomic E-state index is -0.775. The zero-order chi connectivity index (χ0) is 18.4. The molecule has 2 heterocycles. The third-order valence-electron chi connectivity index (χ3n) is 4.18. The maximum absolute atomic E-state index is 12.9. The highest BCUT2D eigenvalue weighted by Gasteiger charge is 2.24.